The number of anilines is 1. The van der Waals surface area contributed by atoms with Crippen LogP contribution in [0.3, 0.4) is 0 Å². The van der Waals surface area contributed by atoms with Crippen LogP contribution in [0.25, 0.3) is 0 Å². The van der Waals surface area contributed by atoms with Crippen LogP contribution in [0.5, 0.6) is 0 Å². The summed E-state index contributed by atoms with van der Waals surface area (Å²) < 4.78 is 39.1. The van der Waals surface area contributed by atoms with Crippen molar-refractivity contribution in [2.75, 3.05) is 10.6 Å². The van der Waals surface area contributed by atoms with Gasteiger partial charge < -0.3 is 5.32 Å². The lowest BCUT2D eigenvalue weighted by atomic mass is 10.0. The highest BCUT2D eigenvalue weighted by molar-refractivity contribution is 7.92. The van der Waals surface area contributed by atoms with Gasteiger partial charge in [0.15, 0.2) is 0 Å². The Kier molecular flexibility index (Phi) is 6.96. The van der Waals surface area contributed by atoms with Crippen molar-refractivity contribution in [1.82, 2.24) is 5.32 Å². The number of nitrogens with one attached hydrogen (secondary N) is 1. The highest BCUT2D eigenvalue weighted by Crippen LogP contribution is 2.24. The van der Waals surface area contributed by atoms with Crippen LogP contribution in [0, 0.1) is 5.82 Å². The van der Waals surface area contributed by atoms with Crippen LogP contribution in [0.1, 0.15) is 38.3 Å². The summed E-state index contributed by atoms with van der Waals surface area (Å²) in [5, 5.41) is 2.95. The fourth-order valence-electron chi connectivity index (χ4n) is 3.02. The van der Waals surface area contributed by atoms with Gasteiger partial charge in [-0.25, -0.2) is 12.8 Å². The maximum Gasteiger partial charge on any atom is 0.244 e. The van der Waals surface area contributed by atoms with E-state index in [0.29, 0.717) is 6.42 Å². The fraction of sp³-hybridized carbons (Fsp3) is 0.350. The van der Waals surface area contributed by atoms with Gasteiger partial charge in [-0.1, -0.05) is 44.2 Å². The van der Waals surface area contributed by atoms with E-state index < -0.39 is 21.9 Å². The molecule has 0 aliphatic heterocycles. The molecule has 1 N–H and O–H groups in total. The van der Waals surface area contributed by atoms with Crippen LogP contribution in [-0.4, -0.2) is 26.6 Å². The predicted octanol–water partition coefficient (Wildman–Crippen LogP) is 3.64. The first-order valence-electron chi connectivity index (χ1n) is 8.88. The minimum atomic E-state index is -3.74. The summed E-state index contributed by atoms with van der Waals surface area (Å²) in [7, 11) is -3.74. The average molecular weight is 392 g/mol. The van der Waals surface area contributed by atoms with E-state index in [4.69, 9.17) is 0 Å². The third-order valence-electron chi connectivity index (χ3n) is 4.34. The quantitative estimate of drug-likeness (QED) is 0.746. The SMILES string of the molecule is CC[C@H](C(=O)N[C@H](CC)c1ccccc1)N(c1ccc(F)cc1)S(C)(=O)=O. The van der Waals surface area contributed by atoms with Crippen molar-refractivity contribution in [3.8, 4) is 0 Å². The van der Waals surface area contributed by atoms with Crippen LogP contribution in [0.4, 0.5) is 10.1 Å². The lowest BCUT2D eigenvalue weighted by Gasteiger charge is -2.31. The number of amides is 1. The number of rotatable bonds is 8. The molecule has 0 aliphatic rings. The van der Waals surface area contributed by atoms with Gasteiger partial charge in [0.2, 0.25) is 15.9 Å². The molecule has 0 fully saturated rings. The van der Waals surface area contributed by atoms with Gasteiger partial charge in [-0.15, -0.1) is 0 Å². The Morgan fingerprint density at radius 3 is 2.11 bits per heavy atom. The summed E-state index contributed by atoms with van der Waals surface area (Å²) in [6, 6.07) is 13.5. The Hall–Kier alpha value is -2.41. The van der Waals surface area contributed by atoms with E-state index in [0.717, 1.165) is 16.1 Å². The number of sulfonamides is 1. The lowest BCUT2D eigenvalue weighted by molar-refractivity contribution is -0.123. The van der Waals surface area contributed by atoms with Gasteiger partial charge in [0.1, 0.15) is 11.9 Å². The van der Waals surface area contributed by atoms with Crippen molar-refractivity contribution < 1.29 is 17.6 Å². The summed E-state index contributed by atoms with van der Waals surface area (Å²) in [5.41, 5.74) is 1.21. The van der Waals surface area contributed by atoms with Crippen molar-refractivity contribution in [2.24, 2.45) is 0 Å². The molecular weight excluding hydrogens is 367 g/mol. The number of halogens is 1. The van der Waals surface area contributed by atoms with Gasteiger partial charge >= 0.3 is 0 Å². The zero-order valence-electron chi connectivity index (χ0n) is 15.7. The van der Waals surface area contributed by atoms with Crippen molar-refractivity contribution in [1.29, 1.82) is 0 Å². The van der Waals surface area contributed by atoms with E-state index >= 15 is 0 Å². The third kappa shape index (κ3) is 5.29. The van der Waals surface area contributed by atoms with Crippen LogP contribution in [0.15, 0.2) is 54.6 Å². The molecule has 5 nitrogen and oxygen atoms in total. The van der Waals surface area contributed by atoms with E-state index in [2.05, 4.69) is 5.32 Å². The zero-order chi connectivity index (χ0) is 20.0. The van der Waals surface area contributed by atoms with Gasteiger partial charge in [-0.3, -0.25) is 9.10 Å². The Morgan fingerprint density at radius 2 is 1.63 bits per heavy atom. The number of hydrogen-bond donors (Lipinski definition) is 1. The van der Waals surface area contributed by atoms with Crippen molar-refractivity contribution in [3.05, 3.63) is 66.0 Å². The van der Waals surface area contributed by atoms with Gasteiger partial charge in [-0.2, -0.15) is 0 Å². The first kappa shape index (κ1) is 20.9. The molecule has 0 bridgehead atoms. The third-order valence-corrected chi connectivity index (χ3v) is 5.52. The zero-order valence-corrected chi connectivity index (χ0v) is 16.5. The Morgan fingerprint density at radius 1 is 1.04 bits per heavy atom. The normalized spacial score (nSPS) is 13.6. The predicted molar refractivity (Wildman–Crippen MR) is 105 cm³/mol. The lowest BCUT2D eigenvalue weighted by Crippen LogP contribution is -2.50. The fourth-order valence-corrected chi connectivity index (χ4v) is 4.23. The van der Waals surface area contributed by atoms with E-state index in [-0.39, 0.29) is 24.1 Å². The molecule has 0 radical (unpaired) electrons. The Bertz CT molecular complexity index is 855. The van der Waals surface area contributed by atoms with Crippen LogP contribution in [0.2, 0.25) is 0 Å². The molecule has 0 unspecified atom stereocenters. The number of nitrogens with zero attached hydrogens (tertiary/aromatic N) is 1. The first-order chi connectivity index (χ1) is 12.8. The minimum Gasteiger partial charge on any atom is -0.347 e. The molecule has 146 valence electrons. The van der Waals surface area contributed by atoms with Gasteiger partial charge in [-0.05, 0) is 42.7 Å². The second kappa shape index (κ2) is 8.99. The molecule has 0 aromatic heterocycles. The summed E-state index contributed by atoms with van der Waals surface area (Å²) >= 11 is 0. The molecule has 2 atom stereocenters. The average Bonchev–Trinajstić information content (AvgIpc) is 2.64. The van der Waals surface area contributed by atoms with Crippen molar-refractivity contribution in [3.63, 3.8) is 0 Å². The second-order valence-electron chi connectivity index (χ2n) is 6.34. The van der Waals surface area contributed by atoms with E-state index in [1.807, 2.05) is 37.3 Å². The molecule has 27 heavy (non-hydrogen) atoms. The van der Waals surface area contributed by atoms with Crippen molar-refractivity contribution in [2.45, 2.75) is 38.8 Å². The molecule has 0 saturated heterocycles. The summed E-state index contributed by atoms with van der Waals surface area (Å²) in [4.78, 5) is 13.0. The van der Waals surface area contributed by atoms with Gasteiger partial charge in [0, 0.05) is 0 Å². The molecule has 0 heterocycles. The Labute approximate surface area is 160 Å². The van der Waals surface area contributed by atoms with Gasteiger partial charge in [0.05, 0.1) is 18.0 Å². The molecule has 1 amide bonds. The highest BCUT2D eigenvalue weighted by Gasteiger charge is 2.32. The molecule has 2 rings (SSSR count). The molecule has 2 aromatic rings. The van der Waals surface area contributed by atoms with Crippen molar-refractivity contribution >= 4 is 21.6 Å². The number of carbonyl (C=O) groups excluding carboxylic acids is 1. The maximum atomic E-state index is 13.2. The molecular formula is C20H25FN2O3S. The number of hydrogen-bond acceptors (Lipinski definition) is 3. The summed E-state index contributed by atoms with van der Waals surface area (Å²) in [6.45, 7) is 3.70. The van der Waals surface area contributed by atoms with Crippen LogP contribution < -0.4 is 9.62 Å². The molecule has 7 heteroatoms. The monoisotopic (exact) mass is 392 g/mol. The maximum absolute atomic E-state index is 13.2. The molecule has 0 spiro atoms. The molecule has 0 saturated carbocycles. The van der Waals surface area contributed by atoms with Gasteiger partial charge in [0.25, 0.3) is 0 Å². The number of carbonyl (C=O) groups is 1. The number of benzene rings is 2. The van der Waals surface area contributed by atoms with Crippen LogP contribution in [-0.2, 0) is 14.8 Å². The second-order valence-corrected chi connectivity index (χ2v) is 8.20. The van der Waals surface area contributed by atoms with E-state index in [1.165, 1.54) is 24.3 Å². The molecule has 2 aromatic carbocycles. The summed E-state index contributed by atoms with van der Waals surface area (Å²) in [6.07, 6.45) is 1.99. The first-order valence-corrected chi connectivity index (χ1v) is 10.7. The largest absolute Gasteiger partial charge is 0.347 e. The minimum absolute atomic E-state index is 0.220. The Balaban J connectivity index is 2.32. The smallest absolute Gasteiger partial charge is 0.244 e. The summed E-state index contributed by atoms with van der Waals surface area (Å²) in [5.74, 6) is -0.859. The van der Waals surface area contributed by atoms with Crippen LogP contribution >= 0.6 is 0 Å². The highest BCUT2D eigenvalue weighted by atomic mass is 32.2. The van der Waals surface area contributed by atoms with E-state index in [1.54, 1.807) is 6.92 Å². The molecule has 0 aliphatic carbocycles. The van der Waals surface area contributed by atoms with E-state index in [9.17, 15) is 17.6 Å². The topological polar surface area (TPSA) is 66.5 Å². The standard InChI is InChI=1S/C20H25FN2O3S/c1-4-18(15-9-7-6-8-10-15)22-20(24)19(5-2)23(27(3,25)26)17-13-11-16(21)12-14-17/h6-14,18-19H,4-5H2,1-3H3,(H,22,24)/t18-,19-/m1/s1.